The monoisotopic (exact) mass is 661 g/mol. The second-order valence-corrected chi connectivity index (χ2v) is 13.7. The maximum Gasteiger partial charge on any atom is 0.165 e. The van der Waals surface area contributed by atoms with Crippen LogP contribution < -0.4 is 0 Å². The van der Waals surface area contributed by atoms with Gasteiger partial charge in [0.25, 0.3) is 0 Å². The standard InChI is InChI=1S/C49H31N3/c1-4-17-33(18-5-1)47-48(51-43-26-14-13-25-42(43)50-47)52-44-27-15-12-24-37(44)38-30-39-41(31-45(38)52)49(34-19-6-2-7-20-34,35-21-8-3-9-22-35)40-29-28-32-16-10-11-23-36(32)46(39)40/h1-31H. The molecule has 3 nitrogen and oxygen atoms in total. The first kappa shape index (κ1) is 28.9. The molecule has 0 N–H and O–H groups in total. The first-order chi connectivity index (χ1) is 25.8. The van der Waals surface area contributed by atoms with E-state index in [2.05, 4.69) is 174 Å². The zero-order valence-corrected chi connectivity index (χ0v) is 28.2. The van der Waals surface area contributed by atoms with Crippen LogP contribution in [0.15, 0.2) is 188 Å². The average Bonchev–Trinajstić information content (AvgIpc) is 3.70. The Morgan fingerprint density at radius 2 is 1.02 bits per heavy atom. The summed E-state index contributed by atoms with van der Waals surface area (Å²) in [5, 5.41) is 4.89. The molecule has 0 spiro atoms. The largest absolute Gasteiger partial charge is 0.292 e. The number of fused-ring (bicyclic) bond motifs is 9. The summed E-state index contributed by atoms with van der Waals surface area (Å²) in [7, 11) is 0. The Hall–Kier alpha value is -6.84. The SMILES string of the molecule is c1ccc(-c2nc3ccccc3nc2-n2c3ccccc3c3cc4c(cc32)C(c2ccccc2)(c2ccccc2)c2ccc3ccccc3c2-4)cc1. The molecule has 0 atom stereocenters. The minimum absolute atomic E-state index is 0.552. The van der Waals surface area contributed by atoms with Crippen molar-refractivity contribution in [3.8, 4) is 28.2 Å². The zero-order valence-electron chi connectivity index (χ0n) is 28.2. The van der Waals surface area contributed by atoms with E-state index in [1.807, 2.05) is 18.2 Å². The molecule has 2 heterocycles. The van der Waals surface area contributed by atoms with Crippen LogP contribution in [-0.2, 0) is 5.41 Å². The van der Waals surface area contributed by atoms with Crippen LogP contribution in [0.25, 0.3) is 71.8 Å². The third kappa shape index (κ3) is 3.96. The summed E-state index contributed by atoms with van der Waals surface area (Å²) in [6.07, 6.45) is 0. The Labute approximate surface area is 301 Å². The van der Waals surface area contributed by atoms with Gasteiger partial charge in [0, 0.05) is 16.3 Å². The van der Waals surface area contributed by atoms with Crippen LogP contribution in [-0.4, -0.2) is 14.5 Å². The van der Waals surface area contributed by atoms with Crippen molar-refractivity contribution in [2.75, 3.05) is 0 Å². The Balaban J connectivity index is 1.34. The number of nitrogens with zero attached hydrogens (tertiary/aromatic N) is 3. The second-order valence-electron chi connectivity index (χ2n) is 13.7. The average molecular weight is 662 g/mol. The van der Waals surface area contributed by atoms with E-state index in [0.717, 1.165) is 39.1 Å². The summed E-state index contributed by atoms with van der Waals surface area (Å²) in [4.78, 5) is 10.7. The summed E-state index contributed by atoms with van der Waals surface area (Å²) in [6.45, 7) is 0. The molecule has 2 aromatic heterocycles. The van der Waals surface area contributed by atoms with Gasteiger partial charge in [0.2, 0.25) is 0 Å². The Kier molecular flexibility index (Phi) is 6.17. The molecular formula is C49H31N3. The van der Waals surface area contributed by atoms with Crippen molar-refractivity contribution in [2.45, 2.75) is 5.41 Å². The second kappa shape index (κ2) is 11.1. The van der Waals surface area contributed by atoms with Gasteiger partial charge in [0.15, 0.2) is 5.82 Å². The maximum absolute atomic E-state index is 5.42. The van der Waals surface area contributed by atoms with Gasteiger partial charge in [0.05, 0.1) is 27.5 Å². The summed E-state index contributed by atoms with van der Waals surface area (Å²) in [6, 6.07) is 67.9. The fourth-order valence-electron chi connectivity index (χ4n) is 8.88. The number of hydrogen-bond donors (Lipinski definition) is 0. The van der Waals surface area contributed by atoms with E-state index in [9.17, 15) is 0 Å². The summed E-state index contributed by atoms with van der Waals surface area (Å²) < 4.78 is 2.36. The molecule has 0 saturated heterocycles. The van der Waals surface area contributed by atoms with E-state index in [-0.39, 0.29) is 0 Å². The van der Waals surface area contributed by atoms with Gasteiger partial charge in [-0.1, -0.05) is 158 Å². The van der Waals surface area contributed by atoms with Gasteiger partial charge in [-0.25, -0.2) is 9.97 Å². The topological polar surface area (TPSA) is 30.7 Å². The van der Waals surface area contributed by atoms with Crippen molar-refractivity contribution in [3.05, 3.63) is 210 Å². The highest BCUT2D eigenvalue weighted by Gasteiger charge is 2.47. The zero-order chi connectivity index (χ0) is 34.2. The van der Waals surface area contributed by atoms with Gasteiger partial charge in [-0.2, -0.15) is 0 Å². The number of rotatable bonds is 4. The molecule has 1 aliphatic rings. The Bertz CT molecular complexity index is 2960. The van der Waals surface area contributed by atoms with Gasteiger partial charge in [-0.05, 0) is 74.5 Å². The fraction of sp³-hybridized carbons (Fsp3) is 0.0204. The summed E-state index contributed by atoms with van der Waals surface area (Å²) >= 11 is 0. The summed E-state index contributed by atoms with van der Waals surface area (Å²) in [5.41, 5.74) is 12.9. The van der Waals surface area contributed by atoms with Gasteiger partial charge in [0.1, 0.15) is 5.69 Å². The number of hydrogen-bond acceptors (Lipinski definition) is 2. The van der Waals surface area contributed by atoms with E-state index in [1.54, 1.807) is 0 Å². The molecule has 0 fully saturated rings. The molecule has 0 bridgehead atoms. The van der Waals surface area contributed by atoms with Crippen molar-refractivity contribution < 1.29 is 0 Å². The third-order valence-corrected chi connectivity index (χ3v) is 11.0. The van der Waals surface area contributed by atoms with E-state index in [4.69, 9.17) is 9.97 Å². The first-order valence-electron chi connectivity index (χ1n) is 17.8. The lowest BCUT2D eigenvalue weighted by Crippen LogP contribution is -2.28. The minimum atomic E-state index is -0.552. The van der Waals surface area contributed by atoms with Gasteiger partial charge >= 0.3 is 0 Å². The normalized spacial score (nSPS) is 13.2. The lowest BCUT2D eigenvalue weighted by molar-refractivity contribution is 0.769. The minimum Gasteiger partial charge on any atom is -0.292 e. The molecule has 0 radical (unpaired) electrons. The Morgan fingerprint density at radius 1 is 0.423 bits per heavy atom. The van der Waals surface area contributed by atoms with Crippen molar-refractivity contribution >= 4 is 43.6 Å². The summed E-state index contributed by atoms with van der Waals surface area (Å²) in [5.74, 6) is 0.821. The lowest BCUT2D eigenvalue weighted by Gasteiger charge is -2.34. The van der Waals surface area contributed by atoms with Crippen LogP contribution in [0.4, 0.5) is 0 Å². The molecule has 0 unspecified atom stereocenters. The van der Waals surface area contributed by atoms with E-state index in [1.165, 1.54) is 54.9 Å². The molecule has 0 aliphatic heterocycles. The van der Waals surface area contributed by atoms with Crippen LogP contribution in [0.1, 0.15) is 22.3 Å². The lowest BCUT2D eigenvalue weighted by atomic mass is 9.67. The van der Waals surface area contributed by atoms with Crippen LogP contribution in [0.3, 0.4) is 0 Å². The molecular weight excluding hydrogens is 631 g/mol. The van der Waals surface area contributed by atoms with Crippen molar-refractivity contribution in [2.24, 2.45) is 0 Å². The molecule has 8 aromatic carbocycles. The fourth-order valence-corrected chi connectivity index (χ4v) is 8.88. The quantitative estimate of drug-likeness (QED) is 0.188. The van der Waals surface area contributed by atoms with Crippen LogP contribution in [0, 0.1) is 0 Å². The molecule has 0 amide bonds. The van der Waals surface area contributed by atoms with E-state index in [0.29, 0.717) is 0 Å². The van der Waals surface area contributed by atoms with E-state index < -0.39 is 5.41 Å². The molecule has 3 heteroatoms. The number of para-hydroxylation sites is 3. The predicted molar refractivity (Wildman–Crippen MR) is 214 cm³/mol. The van der Waals surface area contributed by atoms with Crippen LogP contribution >= 0.6 is 0 Å². The first-order valence-corrected chi connectivity index (χ1v) is 17.8. The van der Waals surface area contributed by atoms with E-state index >= 15 is 0 Å². The number of benzene rings is 8. The highest BCUT2D eigenvalue weighted by atomic mass is 15.1. The molecule has 242 valence electrons. The highest BCUT2D eigenvalue weighted by molar-refractivity contribution is 6.14. The van der Waals surface area contributed by atoms with Crippen LogP contribution in [0.5, 0.6) is 0 Å². The third-order valence-electron chi connectivity index (χ3n) is 11.0. The van der Waals surface area contributed by atoms with Crippen molar-refractivity contribution in [1.29, 1.82) is 0 Å². The van der Waals surface area contributed by atoms with Crippen molar-refractivity contribution in [1.82, 2.24) is 14.5 Å². The highest BCUT2D eigenvalue weighted by Crippen LogP contribution is 2.59. The molecule has 10 aromatic rings. The van der Waals surface area contributed by atoms with Gasteiger partial charge in [-0.3, -0.25) is 4.57 Å². The van der Waals surface area contributed by atoms with Crippen molar-refractivity contribution in [3.63, 3.8) is 0 Å². The molecule has 1 aliphatic carbocycles. The van der Waals surface area contributed by atoms with Gasteiger partial charge < -0.3 is 0 Å². The predicted octanol–water partition coefficient (Wildman–Crippen LogP) is 11.9. The molecule has 52 heavy (non-hydrogen) atoms. The maximum atomic E-state index is 5.42. The van der Waals surface area contributed by atoms with Gasteiger partial charge in [-0.15, -0.1) is 0 Å². The molecule has 0 saturated carbocycles. The number of aromatic nitrogens is 3. The smallest absolute Gasteiger partial charge is 0.165 e. The Morgan fingerprint density at radius 3 is 1.75 bits per heavy atom. The van der Waals surface area contributed by atoms with Crippen LogP contribution in [0.2, 0.25) is 0 Å². The molecule has 11 rings (SSSR count).